The molecule has 1 aromatic carbocycles. The molecule has 0 unspecified atom stereocenters. The van der Waals surface area contributed by atoms with Crippen LogP contribution in [0, 0.1) is 6.92 Å². The van der Waals surface area contributed by atoms with Crippen LogP contribution < -0.4 is 4.74 Å². The Hall–Kier alpha value is -1.31. The third-order valence-corrected chi connectivity index (χ3v) is 2.37. The zero-order valence-electron chi connectivity index (χ0n) is 8.05. The summed E-state index contributed by atoms with van der Waals surface area (Å²) in [6.45, 7) is 5.53. The molecule has 0 spiro atoms. The highest BCUT2D eigenvalue weighted by atomic mass is 16.5. The number of Topliss-reactive ketones (excluding diaryl/α,β-unsaturated/α-hetero) is 1. The highest BCUT2D eigenvalue weighted by Gasteiger charge is 2.40. The lowest BCUT2D eigenvalue weighted by Crippen LogP contribution is -2.32. The van der Waals surface area contributed by atoms with Gasteiger partial charge in [-0.2, -0.15) is 0 Å². The average molecular weight is 176 g/mol. The fraction of sp³-hybridized carbons (Fsp3) is 0.364. The standard InChI is InChI=1S/C11H12O2/c1-7-5-4-6-8-9(7)10(12)11(2,3)13-8/h4-6H,1-3H3. The Morgan fingerprint density at radius 1 is 1.31 bits per heavy atom. The van der Waals surface area contributed by atoms with Gasteiger partial charge in [-0.15, -0.1) is 0 Å². The first kappa shape index (κ1) is 8.30. The van der Waals surface area contributed by atoms with Crippen LogP contribution in [0.3, 0.4) is 0 Å². The molecule has 0 radical (unpaired) electrons. The van der Waals surface area contributed by atoms with Gasteiger partial charge in [-0.05, 0) is 32.4 Å². The third-order valence-electron chi connectivity index (χ3n) is 2.37. The number of ketones is 1. The number of fused-ring (bicyclic) bond motifs is 1. The van der Waals surface area contributed by atoms with Crippen molar-refractivity contribution >= 4 is 5.78 Å². The minimum atomic E-state index is -0.686. The minimum absolute atomic E-state index is 0.0839. The molecule has 2 heteroatoms. The maximum absolute atomic E-state index is 11.8. The molecule has 0 aromatic heterocycles. The molecule has 1 heterocycles. The lowest BCUT2D eigenvalue weighted by atomic mass is 9.97. The van der Waals surface area contributed by atoms with Gasteiger partial charge < -0.3 is 4.74 Å². The number of hydrogen-bond donors (Lipinski definition) is 0. The number of ether oxygens (including phenoxy) is 1. The van der Waals surface area contributed by atoms with Crippen LogP contribution in [0.2, 0.25) is 0 Å². The summed E-state index contributed by atoms with van der Waals surface area (Å²) >= 11 is 0. The molecule has 0 saturated heterocycles. The quantitative estimate of drug-likeness (QED) is 0.606. The third kappa shape index (κ3) is 1.05. The predicted octanol–water partition coefficient (Wildman–Crippen LogP) is 2.35. The molecule has 0 bridgehead atoms. The number of aryl methyl sites for hydroxylation is 1. The second kappa shape index (κ2) is 2.34. The van der Waals surface area contributed by atoms with Crippen LogP contribution in [0.4, 0.5) is 0 Å². The molecule has 68 valence electrons. The molecule has 13 heavy (non-hydrogen) atoms. The van der Waals surface area contributed by atoms with Crippen LogP contribution in [0.25, 0.3) is 0 Å². The van der Waals surface area contributed by atoms with Crippen molar-refractivity contribution in [3.63, 3.8) is 0 Å². The fourth-order valence-corrected chi connectivity index (χ4v) is 1.64. The van der Waals surface area contributed by atoms with E-state index in [-0.39, 0.29) is 5.78 Å². The van der Waals surface area contributed by atoms with Crippen molar-refractivity contribution in [1.29, 1.82) is 0 Å². The van der Waals surface area contributed by atoms with Gasteiger partial charge in [0.05, 0.1) is 5.56 Å². The first-order valence-corrected chi connectivity index (χ1v) is 4.36. The maximum Gasteiger partial charge on any atom is 0.209 e. The SMILES string of the molecule is Cc1cccc2c1C(=O)C(C)(C)O2. The zero-order chi connectivity index (χ0) is 9.64. The van der Waals surface area contributed by atoms with Gasteiger partial charge in [0.1, 0.15) is 5.75 Å². The molecule has 0 fully saturated rings. The van der Waals surface area contributed by atoms with Gasteiger partial charge >= 0.3 is 0 Å². The normalized spacial score (nSPS) is 18.2. The highest BCUT2D eigenvalue weighted by molar-refractivity contribution is 6.08. The molecule has 0 aliphatic carbocycles. The lowest BCUT2D eigenvalue weighted by Gasteiger charge is -2.14. The van der Waals surface area contributed by atoms with Gasteiger partial charge in [-0.25, -0.2) is 0 Å². The van der Waals surface area contributed by atoms with Crippen molar-refractivity contribution in [2.45, 2.75) is 26.4 Å². The average Bonchev–Trinajstić information content (AvgIpc) is 2.24. The van der Waals surface area contributed by atoms with E-state index in [1.165, 1.54) is 0 Å². The summed E-state index contributed by atoms with van der Waals surface area (Å²) in [7, 11) is 0. The predicted molar refractivity (Wildman–Crippen MR) is 50.2 cm³/mol. The van der Waals surface area contributed by atoms with E-state index in [2.05, 4.69) is 0 Å². The Kier molecular flexibility index (Phi) is 1.50. The van der Waals surface area contributed by atoms with E-state index < -0.39 is 5.60 Å². The molecular formula is C11H12O2. The van der Waals surface area contributed by atoms with E-state index in [1.54, 1.807) is 13.8 Å². The Morgan fingerprint density at radius 2 is 2.00 bits per heavy atom. The van der Waals surface area contributed by atoms with Gasteiger partial charge in [0.2, 0.25) is 5.78 Å². The molecule has 0 atom stereocenters. The zero-order valence-corrected chi connectivity index (χ0v) is 8.05. The van der Waals surface area contributed by atoms with E-state index in [4.69, 9.17) is 4.74 Å². The van der Waals surface area contributed by atoms with Crippen LogP contribution >= 0.6 is 0 Å². The second-order valence-electron chi connectivity index (χ2n) is 3.89. The van der Waals surface area contributed by atoms with Gasteiger partial charge in [-0.1, -0.05) is 12.1 Å². The Balaban J connectivity index is 2.64. The summed E-state index contributed by atoms with van der Waals surface area (Å²) in [5, 5.41) is 0. The lowest BCUT2D eigenvalue weighted by molar-refractivity contribution is 0.0684. The van der Waals surface area contributed by atoms with Crippen LogP contribution in [-0.4, -0.2) is 11.4 Å². The summed E-state index contributed by atoms with van der Waals surface area (Å²) in [4.78, 5) is 11.8. The molecule has 1 aliphatic heterocycles. The van der Waals surface area contributed by atoms with Gasteiger partial charge in [-0.3, -0.25) is 4.79 Å². The smallest absolute Gasteiger partial charge is 0.209 e. The summed E-state index contributed by atoms with van der Waals surface area (Å²) in [5.41, 5.74) is 1.05. The Morgan fingerprint density at radius 3 is 2.62 bits per heavy atom. The van der Waals surface area contributed by atoms with Gasteiger partial charge in [0, 0.05) is 0 Å². The molecule has 0 N–H and O–H groups in total. The van der Waals surface area contributed by atoms with E-state index in [9.17, 15) is 4.79 Å². The van der Waals surface area contributed by atoms with Crippen LogP contribution in [-0.2, 0) is 0 Å². The first-order valence-electron chi connectivity index (χ1n) is 4.36. The van der Waals surface area contributed by atoms with Crippen molar-refractivity contribution < 1.29 is 9.53 Å². The van der Waals surface area contributed by atoms with Crippen molar-refractivity contribution in [2.24, 2.45) is 0 Å². The van der Waals surface area contributed by atoms with Crippen LogP contribution in [0.5, 0.6) is 5.75 Å². The number of hydrogen-bond acceptors (Lipinski definition) is 2. The summed E-state index contributed by atoms with van der Waals surface area (Å²) < 4.78 is 5.54. The largest absolute Gasteiger partial charge is 0.479 e. The summed E-state index contributed by atoms with van der Waals surface area (Å²) in [6, 6.07) is 5.68. The summed E-state index contributed by atoms with van der Waals surface area (Å²) in [6.07, 6.45) is 0. The van der Waals surface area contributed by atoms with E-state index >= 15 is 0 Å². The van der Waals surface area contributed by atoms with E-state index in [1.807, 2.05) is 25.1 Å². The number of carbonyl (C=O) groups excluding carboxylic acids is 1. The number of benzene rings is 1. The van der Waals surface area contributed by atoms with Crippen molar-refractivity contribution in [1.82, 2.24) is 0 Å². The highest BCUT2D eigenvalue weighted by Crippen LogP contribution is 2.36. The van der Waals surface area contributed by atoms with Gasteiger partial charge in [0.25, 0.3) is 0 Å². The van der Waals surface area contributed by atoms with Crippen LogP contribution in [0.1, 0.15) is 29.8 Å². The van der Waals surface area contributed by atoms with E-state index in [0.29, 0.717) is 0 Å². The molecular weight excluding hydrogens is 164 g/mol. The topological polar surface area (TPSA) is 26.3 Å². The number of rotatable bonds is 0. The Labute approximate surface area is 77.5 Å². The monoisotopic (exact) mass is 176 g/mol. The fourth-order valence-electron chi connectivity index (χ4n) is 1.64. The second-order valence-corrected chi connectivity index (χ2v) is 3.89. The maximum atomic E-state index is 11.8. The van der Waals surface area contributed by atoms with Crippen molar-refractivity contribution in [3.8, 4) is 5.75 Å². The van der Waals surface area contributed by atoms with Crippen molar-refractivity contribution in [2.75, 3.05) is 0 Å². The molecule has 2 rings (SSSR count). The van der Waals surface area contributed by atoms with Crippen LogP contribution in [0.15, 0.2) is 18.2 Å². The molecule has 2 nitrogen and oxygen atoms in total. The minimum Gasteiger partial charge on any atom is -0.479 e. The van der Waals surface area contributed by atoms with E-state index in [0.717, 1.165) is 16.9 Å². The molecule has 1 aromatic rings. The molecule has 0 saturated carbocycles. The summed E-state index contributed by atoms with van der Waals surface area (Å²) in [5.74, 6) is 0.801. The van der Waals surface area contributed by atoms with Crippen molar-refractivity contribution in [3.05, 3.63) is 29.3 Å². The molecule has 0 amide bonds. The van der Waals surface area contributed by atoms with Gasteiger partial charge in [0.15, 0.2) is 5.60 Å². The Bertz CT molecular complexity index is 378. The molecule has 1 aliphatic rings. The number of carbonyl (C=O) groups is 1. The first-order chi connectivity index (χ1) is 6.02.